The zero-order valence-electron chi connectivity index (χ0n) is 9.82. The molecule has 2 aliphatic heterocycles. The molecular formula is C12H22N2O2. The first-order valence-corrected chi connectivity index (χ1v) is 6.42. The Morgan fingerprint density at radius 3 is 2.75 bits per heavy atom. The van der Waals surface area contributed by atoms with Crippen LogP contribution in [0.15, 0.2) is 0 Å². The molecule has 0 saturated carbocycles. The van der Waals surface area contributed by atoms with Crippen molar-refractivity contribution in [1.82, 2.24) is 10.2 Å². The number of nitrogens with one attached hydrogen (secondary N) is 1. The standard InChI is InChI=1S/C12H22N2O2/c15-11-2-1-7-14(9-11)12(16)8-10-3-5-13-6-4-10/h10-11,13,15H,1-9H2. The molecule has 2 rings (SSSR count). The molecular weight excluding hydrogens is 204 g/mol. The molecule has 2 fully saturated rings. The predicted octanol–water partition coefficient (Wildman–Crippen LogP) is 0.359. The van der Waals surface area contributed by atoms with Crippen molar-refractivity contribution in [3.8, 4) is 0 Å². The minimum Gasteiger partial charge on any atom is -0.391 e. The number of likely N-dealkylation sites (tertiary alicyclic amines) is 1. The van der Waals surface area contributed by atoms with E-state index >= 15 is 0 Å². The molecule has 4 heteroatoms. The summed E-state index contributed by atoms with van der Waals surface area (Å²) in [5.41, 5.74) is 0. The Kier molecular flexibility index (Phi) is 4.18. The Hall–Kier alpha value is -0.610. The molecule has 0 bridgehead atoms. The predicted molar refractivity (Wildman–Crippen MR) is 62.0 cm³/mol. The van der Waals surface area contributed by atoms with E-state index in [4.69, 9.17) is 0 Å². The van der Waals surface area contributed by atoms with Gasteiger partial charge >= 0.3 is 0 Å². The summed E-state index contributed by atoms with van der Waals surface area (Å²) in [7, 11) is 0. The number of β-amino-alcohol motifs (C(OH)–C–C–N with tert-alkyl or cyclic N) is 1. The number of aliphatic hydroxyl groups is 1. The summed E-state index contributed by atoms with van der Waals surface area (Å²) in [4.78, 5) is 13.8. The van der Waals surface area contributed by atoms with Gasteiger partial charge in [0.1, 0.15) is 0 Å². The molecule has 0 radical (unpaired) electrons. The first-order valence-electron chi connectivity index (χ1n) is 6.42. The van der Waals surface area contributed by atoms with Crippen LogP contribution in [0.25, 0.3) is 0 Å². The zero-order valence-corrected chi connectivity index (χ0v) is 9.82. The minimum atomic E-state index is -0.300. The van der Waals surface area contributed by atoms with Crippen LogP contribution in [0.2, 0.25) is 0 Å². The van der Waals surface area contributed by atoms with Gasteiger partial charge in [0.15, 0.2) is 0 Å². The smallest absolute Gasteiger partial charge is 0.222 e. The van der Waals surface area contributed by atoms with Gasteiger partial charge in [-0.05, 0) is 44.7 Å². The number of aliphatic hydroxyl groups excluding tert-OH is 1. The van der Waals surface area contributed by atoms with Gasteiger partial charge in [0.05, 0.1) is 6.10 Å². The summed E-state index contributed by atoms with van der Waals surface area (Å²) >= 11 is 0. The lowest BCUT2D eigenvalue weighted by Crippen LogP contribution is -2.43. The average molecular weight is 226 g/mol. The molecule has 1 unspecified atom stereocenters. The van der Waals surface area contributed by atoms with Gasteiger partial charge in [0.2, 0.25) is 5.91 Å². The fourth-order valence-electron chi connectivity index (χ4n) is 2.64. The molecule has 2 N–H and O–H groups in total. The lowest BCUT2D eigenvalue weighted by atomic mass is 9.93. The number of rotatable bonds is 2. The highest BCUT2D eigenvalue weighted by Gasteiger charge is 2.24. The summed E-state index contributed by atoms with van der Waals surface area (Å²) in [5, 5.41) is 12.8. The molecule has 0 aromatic carbocycles. The molecule has 2 aliphatic rings. The molecule has 1 atom stereocenters. The second kappa shape index (κ2) is 5.64. The van der Waals surface area contributed by atoms with Crippen LogP contribution >= 0.6 is 0 Å². The maximum atomic E-state index is 12.0. The van der Waals surface area contributed by atoms with Gasteiger partial charge in [-0.15, -0.1) is 0 Å². The molecule has 0 spiro atoms. The molecule has 92 valence electrons. The summed E-state index contributed by atoms with van der Waals surface area (Å²) in [5.74, 6) is 0.790. The average Bonchev–Trinajstić information content (AvgIpc) is 2.30. The van der Waals surface area contributed by atoms with Crippen LogP contribution in [0.4, 0.5) is 0 Å². The number of carbonyl (C=O) groups excluding carboxylic acids is 1. The molecule has 0 aromatic heterocycles. The van der Waals surface area contributed by atoms with Gasteiger partial charge in [-0.2, -0.15) is 0 Å². The molecule has 1 amide bonds. The Labute approximate surface area is 97.0 Å². The summed E-state index contributed by atoms with van der Waals surface area (Å²) in [6.45, 7) is 3.46. The highest BCUT2D eigenvalue weighted by molar-refractivity contribution is 5.76. The van der Waals surface area contributed by atoms with Crippen LogP contribution < -0.4 is 5.32 Å². The summed E-state index contributed by atoms with van der Waals surface area (Å²) in [6.07, 6.45) is 4.39. The molecule has 0 aromatic rings. The first kappa shape index (κ1) is 11.9. The summed E-state index contributed by atoms with van der Waals surface area (Å²) < 4.78 is 0. The van der Waals surface area contributed by atoms with Crippen LogP contribution in [0.3, 0.4) is 0 Å². The van der Waals surface area contributed by atoms with Gasteiger partial charge < -0.3 is 15.3 Å². The first-order chi connectivity index (χ1) is 7.75. The Balaban J connectivity index is 1.77. The third-order valence-corrected chi connectivity index (χ3v) is 3.67. The molecule has 16 heavy (non-hydrogen) atoms. The van der Waals surface area contributed by atoms with E-state index in [0.717, 1.165) is 45.3 Å². The number of carbonyl (C=O) groups is 1. The van der Waals surface area contributed by atoms with Crippen LogP contribution in [-0.4, -0.2) is 48.2 Å². The van der Waals surface area contributed by atoms with E-state index in [1.165, 1.54) is 0 Å². The van der Waals surface area contributed by atoms with Gasteiger partial charge in [0, 0.05) is 19.5 Å². The van der Waals surface area contributed by atoms with Gasteiger partial charge in [-0.25, -0.2) is 0 Å². The Morgan fingerprint density at radius 1 is 1.31 bits per heavy atom. The van der Waals surface area contributed by atoms with Crippen LogP contribution in [-0.2, 0) is 4.79 Å². The van der Waals surface area contributed by atoms with E-state index in [-0.39, 0.29) is 12.0 Å². The fraction of sp³-hybridized carbons (Fsp3) is 0.917. The molecule has 4 nitrogen and oxygen atoms in total. The van der Waals surface area contributed by atoms with Crippen molar-refractivity contribution in [2.24, 2.45) is 5.92 Å². The Morgan fingerprint density at radius 2 is 2.06 bits per heavy atom. The second-order valence-electron chi connectivity index (χ2n) is 5.03. The second-order valence-corrected chi connectivity index (χ2v) is 5.03. The van der Waals surface area contributed by atoms with Gasteiger partial charge in [0.25, 0.3) is 0 Å². The third-order valence-electron chi connectivity index (χ3n) is 3.67. The van der Waals surface area contributed by atoms with Crippen molar-refractivity contribution in [3.63, 3.8) is 0 Å². The van der Waals surface area contributed by atoms with Crippen LogP contribution in [0.1, 0.15) is 32.1 Å². The van der Waals surface area contributed by atoms with E-state index < -0.39 is 0 Å². The van der Waals surface area contributed by atoms with Crippen LogP contribution in [0, 0.1) is 5.92 Å². The van der Waals surface area contributed by atoms with Crippen molar-refractivity contribution < 1.29 is 9.90 Å². The fourth-order valence-corrected chi connectivity index (χ4v) is 2.64. The molecule has 0 aliphatic carbocycles. The number of piperidine rings is 2. The van der Waals surface area contributed by atoms with E-state index in [1.54, 1.807) is 0 Å². The monoisotopic (exact) mass is 226 g/mol. The van der Waals surface area contributed by atoms with Gasteiger partial charge in [-0.3, -0.25) is 4.79 Å². The van der Waals surface area contributed by atoms with Gasteiger partial charge in [-0.1, -0.05) is 0 Å². The largest absolute Gasteiger partial charge is 0.391 e. The zero-order chi connectivity index (χ0) is 11.4. The highest BCUT2D eigenvalue weighted by atomic mass is 16.3. The van der Waals surface area contributed by atoms with Crippen molar-refractivity contribution in [1.29, 1.82) is 0 Å². The van der Waals surface area contributed by atoms with E-state index in [2.05, 4.69) is 5.32 Å². The van der Waals surface area contributed by atoms with Crippen molar-refractivity contribution in [3.05, 3.63) is 0 Å². The number of hydrogen-bond acceptors (Lipinski definition) is 3. The number of amides is 1. The normalized spacial score (nSPS) is 28.1. The third kappa shape index (κ3) is 3.19. The van der Waals surface area contributed by atoms with Crippen molar-refractivity contribution in [2.45, 2.75) is 38.2 Å². The number of nitrogens with zero attached hydrogens (tertiary/aromatic N) is 1. The lowest BCUT2D eigenvalue weighted by molar-refractivity contribution is -0.135. The van der Waals surface area contributed by atoms with Crippen LogP contribution in [0.5, 0.6) is 0 Å². The lowest BCUT2D eigenvalue weighted by Gasteiger charge is -2.32. The number of hydrogen-bond donors (Lipinski definition) is 2. The maximum Gasteiger partial charge on any atom is 0.222 e. The van der Waals surface area contributed by atoms with E-state index in [9.17, 15) is 9.90 Å². The van der Waals surface area contributed by atoms with Crippen molar-refractivity contribution in [2.75, 3.05) is 26.2 Å². The minimum absolute atomic E-state index is 0.241. The highest BCUT2D eigenvalue weighted by Crippen LogP contribution is 2.19. The molecule has 2 heterocycles. The Bertz CT molecular complexity index is 239. The van der Waals surface area contributed by atoms with E-state index in [1.807, 2.05) is 4.90 Å². The van der Waals surface area contributed by atoms with E-state index in [0.29, 0.717) is 18.9 Å². The summed E-state index contributed by atoms with van der Waals surface area (Å²) in [6, 6.07) is 0. The SMILES string of the molecule is O=C(CC1CCNCC1)N1CCCC(O)C1. The maximum absolute atomic E-state index is 12.0. The topological polar surface area (TPSA) is 52.6 Å². The molecule has 2 saturated heterocycles. The quantitative estimate of drug-likeness (QED) is 0.715. The van der Waals surface area contributed by atoms with Crippen molar-refractivity contribution >= 4 is 5.91 Å².